The van der Waals surface area contributed by atoms with Gasteiger partial charge in [0.25, 0.3) is 0 Å². The van der Waals surface area contributed by atoms with Gasteiger partial charge < -0.3 is 15.5 Å². The van der Waals surface area contributed by atoms with Crippen molar-refractivity contribution < 1.29 is 5.21 Å². The number of anilines is 1. The first-order valence-electron chi connectivity index (χ1n) is 5.24. The zero-order valence-corrected chi connectivity index (χ0v) is 10.0. The molecule has 2 rings (SSSR count). The van der Waals surface area contributed by atoms with E-state index >= 15 is 0 Å². The van der Waals surface area contributed by atoms with E-state index in [1.807, 2.05) is 10.8 Å². The SMILES string of the molecule is CC(C)(C)n1cc(/C=N/O)c2c(N)ncnc21. The molecule has 0 aromatic carbocycles. The van der Waals surface area contributed by atoms with Gasteiger partial charge in [-0.15, -0.1) is 0 Å². The van der Waals surface area contributed by atoms with Crippen LogP contribution in [0.1, 0.15) is 26.3 Å². The topological polar surface area (TPSA) is 89.3 Å². The van der Waals surface area contributed by atoms with Crippen LogP contribution in [0.3, 0.4) is 0 Å². The van der Waals surface area contributed by atoms with Crippen LogP contribution in [-0.2, 0) is 5.54 Å². The van der Waals surface area contributed by atoms with Gasteiger partial charge in [-0.3, -0.25) is 0 Å². The van der Waals surface area contributed by atoms with Crippen LogP contribution in [0.15, 0.2) is 17.7 Å². The number of oxime groups is 1. The lowest BCUT2D eigenvalue weighted by atomic mass is 10.1. The first-order chi connectivity index (χ1) is 7.95. The molecule has 2 heterocycles. The predicted octanol–water partition coefficient (Wildman–Crippen LogP) is 1.58. The Hall–Kier alpha value is -2.11. The molecule has 2 aromatic heterocycles. The molecule has 90 valence electrons. The van der Waals surface area contributed by atoms with Crippen molar-refractivity contribution in [3.8, 4) is 0 Å². The molecule has 0 spiro atoms. The van der Waals surface area contributed by atoms with E-state index in [-0.39, 0.29) is 5.54 Å². The van der Waals surface area contributed by atoms with Crippen LogP contribution in [0.2, 0.25) is 0 Å². The van der Waals surface area contributed by atoms with E-state index in [2.05, 4.69) is 35.9 Å². The number of aromatic nitrogens is 3. The van der Waals surface area contributed by atoms with Crippen molar-refractivity contribution in [3.63, 3.8) is 0 Å². The van der Waals surface area contributed by atoms with Crippen LogP contribution in [0.25, 0.3) is 11.0 Å². The van der Waals surface area contributed by atoms with Gasteiger partial charge in [-0.1, -0.05) is 5.16 Å². The molecule has 17 heavy (non-hydrogen) atoms. The first kappa shape index (κ1) is 11.4. The molecule has 0 saturated heterocycles. The molecule has 0 aliphatic carbocycles. The maximum Gasteiger partial charge on any atom is 0.146 e. The normalized spacial score (nSPS) is 12.6. The average molecular weight is 233 g/mol. The van der Waals surface area contributed by atoms with Gasteiger partial charge in [-0.05, 0) is 20.8 Å². The Kier molecular flexibility index (Phi) is 2.49. The highest BCUT2D eigenvalue weighted by Crippen LogP contribution is 2.27. The minimum Gasteiger partial charge on any atom is -0.411 e. The van der Waals surface area contributed by atoms with Gasteiger partial charge in [0.15, 0.2) is 0 Å². The third-order valence-corrected chi connectivity index (χ3v) is 2.56. The molecule has 0 amide bonds. The first-order valence-corrected chi connectivity index (χ1v) is 5.24. The fraction of sp³-hybridized carbons (Fsp3) is 0.364. The van der Waals surface area contributed by atoms with Crippen LogP contribution in [0, 0.1) is 0 Å². The zero-order valence-electron chi connectivity index (χ0n) is 10.0. The molecular formula is C11H15N5O. The Balaban J connectivity index is 2.85. The third kappa shape index (κ3) is 1.82. The lowest BCUT2D eigenvalue weighted by Crippen LogP contribution is -2.21. The molecule has 2 aromatic rings. The van der Waals surface area contributed by atoms with Crippen LogP contribution in [0.4, 0.5) is 5.82 Å². The molecule has 0 fully saturated rings. The monoisotopic (exact) mass is 233 g/mol. The predicted molar refractivity (Wildman–Crippen MR) is 66.3 cm³/mol. The van der Waals surface area contributed by atoms with Crippen LogP contribution in [-0.4, -0.2) is 26.0 Å². The van der Waals surface area contributed by atoms with Gasteiger partial charge in [0.2, 0.25) is 0 Å². The summed E-state index contributed by atoms with van der Waals surface area (Å²) in [5.41, 5.74) is 7.14. The van der Waals surface area contributed by atoms with Crippen molar-refractivity contribution in [1.82, 2.24) is 14.5 Å². The summed E-state index contributed by atoms with van der Waals surface area (Å²) < 4.78 is 1.98. The second-order valence-corrected chi connectivity index (χ2v) is 4.83. The summed E-state index contributed by atoms with van der Waals surface area (Å²) in [6.45, 7) is 6.18. The molecule has 3 N–H and O–H groups in total. The molecule has 0 aliphatic rings. The van der Waals surface area contributed by atoms with Crippen LogP contribution in [0.5, 0.6) is 0 Å². The minimum absolute atomic E-state index is 0.138. The quantitative estimate of drug-likeness (QED) is 0.444. The maximum atomic E-state index is 8.66. The van der Waals surface area contributed by atoms with Crippen molar-refractivity contribution in [2.45, 2.75) is 26.3 Å². The van der Waals surface area contributed by atoms with Gasteiger partial charge in [-0.25, -0.2) is 9.97 Å². The number of nitrogens with zero attached hydrogens (tertiary/aromatic N) is 4. The highest BCUT2D eigenvalue weighted by molar-refractivity contribution is 6.02. The van der Waals surface area contributed by atoms with Gasteiger partial charge in [-0.2, -0.15) is 0 Å². The smallest absolute Gasteiger partial charge is 0.146 e. The standard InChI is InChI=1S/C11H15N5O/c1-11(2,3)16-5-7(4-15-17)8-9(12)13-6-14-10(8)16/h4-6,17H,1-3H3,(H2,12,13,14)/b15-4+. The zero-order chi connectivity index (χ0) is 12.6. The molecule has 0 unspecified atom stereocenters. The third-order valence-electron chi connectivity index (χ3n) is 2.56. The average Bonchev–Trinajstić information content (AvgIpc) is 2.59. The Bertz CT molecular complexity index is 579. The van der Waals surface area contributed by atoms with Crippen LogP contribution < -0.4 is 5.73 Å². The highest BCUT2D eigenvalue weighted by atomic mass is 16.4. The number of rotatable bonds is 1. The van der Waals surface area contributed by atoms with E-state index in [0.29, 0.717) is 16.8 Å². The molecule has 0 atom stereocenters. The largest absolute Gasteiger partial charge is 0.411 e. The highest BCUT2D eigenvalue weighted by Gasteiger charge is 2.20. The molecule has 0 radical (unpaired) electrons. The Morgan fingerprint density at radius 3 is 2.71 bits per heavy atom. The van der Waals surface area contributed by atoms with Gasteiger partial charge in [0.05, 0.1) is 11.6 Å². The summed E-state index contributed by atoms with van der Waals surface area (Å²) in [7, 11) is 0. The summed E-state index contributed by atoms with van der Waals surface area (Å²) >= 11 is 0. The number of hydrogen-bond acceptors (Lipinski definition) is 5. The molecule has 0 saturated carbocycles. The number of nitrogens with two attached hydrogens (primary N) is 1. The summed E-state index contributed by atoms with van der Waals surface area (Å²) in [5.74, 6) is 0.382. The van der Waals surface area contributed by atoms with Gasteiger partial charge in [0, 0.05) is 17.3 Å². The number of hydrogen-bond donors (Lipinski definition) is 2. The summed E-state index contributed by atoms with van der Waals surface area (Å²) in [6, 6.07) is 0. The van der Waals surface area contributed by atoms with E-state index in [9.17, 15) is 0 Å². The fourth-order valence-electron chi connectivity index (χ4n) is 1.79. The van der Waals surface area contributed by atoms with Gasteiger partial charge >= 0.3 is 0 Å². The summed E-state index contributed by atoms with van der Waals surface area (Å²) in [4.78, 5) is 8.20. The van der Waals surface area contributed by atoms with Crippen molar-refractivity contribution in [2.24, 2.45) is 5.16 Å². The van der Waals surface area contributed by atoms with Crippen molar-refractivity contribution in [1.29, 1.82) is 0 Å². The van der Waals surface area contributed by atoms with Crippen LogP contribution >= 0.6 is 0 Å². The van der Waals surface area contributed by atoms with Crippen molar-refractivity contribution in [3.05, 3.63) is 18.1 Å². The van der Waals surface area contributed by atoms with Crippen molar-refractivity contribution in [2.75, 3.05) is 5.73 Å². The molecule has 6 nitrogen and oxygen atoms in total. The molecule has 6 heteroatoms. The van der Waals surface area contributed by atoms with E-state index in [4.69, 9.17) is 10.9 Å². The lowest BCUT2D eigenvalue weighted by molar-refractivity contribution is 0.322. The second-order valence-electron chi connectivity index (χ2n) is 4.83. The maximum absolute atomic E-state index is 8.66. The molecule has 0 aliphatic heterocycles. The van der Waals surface area contributed by atoms with Gasteiger partial charge in [0.1, 0.15) is 17.8 Å². The number of nitrogen functional groups attached to an aromatic ring is 1. The Morgan fingerprint density at radius 1 is 1.41 bits per heavy atom. The molecule has 0 bridgehead atoms. The fourth-order valence-corrected chi connectivity index (χ4v) is 1.79. The Morgan fingerprint density at radius 2 is 2.12 bits per heavy atom. The van der Waals surface area contributed by atoms with Crippen molar-refractivity contribution >= 4 is 23.1 Å². The van der Waals surface area contributed by atoms with E-state index in [1.54, 1.807) is 0 Å². The minimum atomic E-state index is -0.138. The van der Waals surface area contributed by atoms with E-state index < -0.39 is 0 Å². The van der Waals surface area contributed by atoms with E-state index in [1.165, 1.54) is 12.5 Å². The molecular weight excluding hydrogens is 218 g/mol. The summed E-state index contributed by atoms with van der Waals surface area (Å²) in [6.07, 6.45) is 4.62. The Labute approximate surface area is 98.8 Å². The second kappa shape index (κ2) is 3.73. The number of fused-ring (bicyclic) bond motifs is 1. The van der Waals surface area contributed by atoms with E-state index in [0.717, 1.165) is 5.65 Å². The summed E-state index contributed by atoms with van der Waals surface area (Å²) in [5, 5.41) is 12.4. The lowest BCUT2D eigenvalue weighted by Gasteiger charge is -2.21.